The van der Waals surface area contributed by atoms with E-state index < -0.39 is 0 Å². The number of benzene rings is 10. The molecule has 4 heterocycles. The molecular weight excluding hydrogens is 843 g/mol. The molecule has 0 saturated heterocycles. The van der Waals surface area contributed by atoms with E-state index in [1.54, 1.807) is 0 Å². The Morgan fingerprint density at radius 2 is 0.638 bits per heavy atom. The van der Waals surface area contributed by atoms with E-state index in [4.69, 9.17) is 19.4 Å². The maximum absolute atomic E-state index is 6.19. The maximum Gasteiger partial charge on any atom is 0.164 e. The lowest BCUT2D eigenvalue weighted by Gasteiger charge is -2.11. The van der Waals surface area contributed by atoms with Gasteiger partial charge in [0.05, 0.1) is 22.1 Å². The van der Waals surface area contributed by atoms with E-state index >= 15 is 0 Å². The van der Waals surface area contributed by atoms with Crippen LogP contribution in [0.25, 0.3) is 133 Å². The van der Waals surface area contributed by atoms with Gasteiger partial charge in [-0.1, -0.05) is 164 Å². The highest BCUT2D eigenvalue weighted by molar-refractivity contribution is 6.13. The fraction of sp³-hybridized carbons (Fsp3) is 0. The van der Waals surface area contributed by atoms with Crippen LogP contribution in [0.4, 0.5) is 0 Å². The normalized spacial score (nSPS) is 11.8. The summed E-state index contributed by atoms with van der Waals surface area (Å²) in [5.74, 6) is 1.94. The number of hydrogen-bond donors (Lipinski definition) is 0. The molecule has 0 spiro atoms. The summed E-state index contributed by atoms with van der Waals surface area (Å²) in [6.45, 7) is 0. The lowest BCUT2D eigenvalue weighted by molar-refractivity contribution is 0.669. The van der Waals surface area contributed by atoms with Crippen LogP contribution >= 0.6 is 0 Å². The first kappa shape index (κ1) is 38.8. The number of rotatable bonds is 7. The van der Waals surface area contributed by atoms with Crippen molar-refractivity contribution in [2.24, 2.45) is 0 Å². The Balaban J connectivity index is 0.801. The van der Waals surface area contributed by atoms with E-state index in [9.17, 15) is 0 Å². The topological polar surface area (TPSA) is 61.7 Å². The molecule has 4 aromatic heterocycles. The highest BCUT2D eigenvalue weighted by atomic mass is 16.3. The van der Waals surface area contributed by atoms with Crippen molar-refractivity contribution in [1.82, 2.24) is 24.1 Å². The molecule has 0 atom stereocenters. The molecule has 0 bridgehead atoms. The van der Waals surface area contributed by atoms with E-state index in [1.807, 2.05) is 72.8 Å². The minimum atomic E-state index is 0.640. The van der Waals surface area contributed by atoms with Crippen LogP contribution in [0.3, 0.4) is 0 Å². The van der Waals surface area contributed by atoms with Gasteiger partial charge >= 0.3 is 0 Å². The molecule has 10 aromatic carbocycles. The molecule has 0 saturated carbocycles. The summed E-state index contributed by atoms with van der Waals surface area (Å²) in [5.41, 5.74) is 16.1. The predicted octanol–water partition coefficient (Wildman–Crippen LogP) is 16.3. The zero-order valence-electron chi connectivity index (χ0n) is 37.2. The van der Waals surface area contributed by atoms with Gasteiger partial charge in [-0.3, -0.25) is 0 Å². The van der Waals surface area contributed by atoms with Crippen molar-refractivity contribution in [1.29, 1.82) is 0 Å². The van der Waals surface area contributed by atoms with Crippen molar-refractivity contribution < 1.29 is 4.42 Å². The summed E-state index contributed by atoms with van der Waals surface area (Å²) in [7, 11) is 0. The fourth-order valence-corrected chi connectivity index (χ4v) is 10.3. The highest BCUT2D eigenvalue weighted by Crippen LogP contribution is 2.40. The number of para-hydroxylation sites is 3. The second kappa shape index (κ2) is 15.6. The minimum absolute atomic E-state index is 0.640. The summed E-state index contributed by atoms with van der Waals surface area (Å²) < 4.78 is 11.0. The fourth-order valence-electron chi connectivity index (χ4n) is 10.3. The molecule has 6 heteroatoms. The molecule has 14 aromatic rings. The predicted molar refractivity (Wildman–Crippen MR) is 283 cm³/mol. The number of hydrogen-bond acceptors (Lipinski definition) is 4. The lowest BCUT2D eigenvalue weighted by atomic mass is 10.0. The first-order chi connectivity index (χ1) is 34.2. The maximum atomic E-state index is 6.19. The van der Waals surface area contributed by atoms with Gasteiger partial charge in [0.25, 0.3) is 0 Å². The van der Waals surface area contributed by atoms with Gasteiger partial charge in [-0.15, -0.1) is 0 Å². The number of aromatic nitrogens is 5. The second-order valence-corrected chi connectivity index (χ2v) is 17.6. The van der Waals surface area contributed by atoms with Crippen LogP contribution in [0.1, 0.15) is 0 Å². The number of furan rings is 1. The lowest BCUT2D eigenvalue weighted by Crippen LogP contribution is -2.00. The highest BCUT2D eigenvalue weighted by Gasteiger charge is 2.18. The third kappa shape index (κ3) is 6.45. The zero-order valence-corrected chi connectivity index (χ0v) is 37.2. The van der Waals surface area contributed by atoms with Crippen LogP contribution in [0.5, 0.6) is 0 Å². The summed E-state index contributed by atoms with van der Waals surface area (Å²) in [4.78, 5) is 14.7. The summed E-state index contributed by atoms with van der Waals surface area (Å²) in [6.07, 6.45) is 0. The molecular formula is C63H39N5O. The molecule has 0 radical (unpaired) electrons. The molecule has 0 N–H and O–H groups in total. The van der Waals surface area contributed by atoms with Crippen LogP contribution in [-0.2, 0) is 0 Å². The van der Waals surface area contributed by atoms with E-state index in [0.29, 0.717) is 17.5 Å². The SMILES string of the molecule is c1ccc(-c2nc(-c3ccccc3)nc(-c3ccc(-c4ccc(-n5c6ccccc6c6cc(-c7ccc8c(c7)c7ccccc7n8-c7ccc8oc9ccccc9c8c7)ccc65)cc4)cc3)n2)cc1. The Kier molecular flexibility index (Phi) is 8.79. The first-order valence-corrected chi connectivity index (χ1v) is 23.3. The van der Waals surface area contributed by atoms with Gasteiger partial charge < -0.3 is 13.6 Å². The van der Waals surface area contributed by atoms with Crippen molar-refractivity contribution in [3.05, 3.63) is 237 Å². The van der Waals surface area contributed by atoms with Gasteiger partial charge in [-0.25, -0.2) is 15.0 Å². The van der Waals surface area contributed by atoms with Crippen molar-refractivity contribution in [2.75, 3.05) is 0 Å². The molecule has 0 fully saturated rings. The minimum Gasteiger partial charge on any atom is -0.456 e. The van der Waals surface area contributed by atoms with Gasteiger partial charge in [0.1, 0.15) is 11.2 Å². The Labute approximate surface area is 396 Å². The standard InChI is InChI=1S/C63H39N5O/c1-3-13-42(14-4-1)61-64-62(43-15-5-2-6-16-43)66-63(65-61)44-25-23-40(24-26-44)41-27-31-47(32-28-41)67-55-20-10-7-17-49(55)52-37-45(29-34-57(52)67)46-30-35-58-53(38-46)50-18-8-11-21-56(50)68(58)48-33-36-60-54(39-48)51-19-9-12-22-59(51)69-60/h1-39H. The largest absolute Gasteiger partial charge is 0.456 e. The second-order valence-electron chi connectivity index (χ2n) is 17.6. The van der Waals surface area contributed by atoms with Crippen molar-refractivity contribution in [3.63, 3.8) is 0 Å². The van der Waals surface area contributed by atoms with E-state index in [0.717, 1.165) is 61.1 Å². The van der Waals surface area contributed by atoms with Gasteiger partial charge in [-0.2, -0.15) is 0 Å². The average Bonchev–Trinajstić information content (AvgIpc) is 4.08. The van der Waals surface area contributed by atoms with Crippen molar-refractivity contribution in [2.45, 2.75) is 0 Å². The van der Waals surface area contributed by atoms with Gasteiger partial charge in [0.2, 0.25) is 0 Å². The summed E-state index contributed by atoms with van der Waals surface area (Å²) in [5, 5.41) is 7.13. The average molecular weight is 882 g/mol. The third-order valence-electron chi connectivity index (χ3n) is 13.6. The van der Waals surface area contributed by atoms with E-state index in [1.165, 1.54) is 54.7 Å². The Bertz CT molecular complexity index is 4220. The quantitative estimate of drug-likeness (QED) is 0.160. The molecule has 14 rings (SSSR count). The smallest absolute Gasteiger partial charge is 0.164 e. The molecule has 0 aliphatic carbocycles. The van der Waals surface area contributed by atoms with Crippen LogP contribution < -0.4 is 0 Å². The Morgan fingerprint density at radius 3 is 1.20 bits per heavy atom. The molecule has 0 aliphatic rings. The molecule has 0 amide bonds. The van der Waals surface area contributed by atoms with Crippen LogP contribution in [-0.4, -0.2) is 24.1 Å². The zero-order chi connectivity index (χ0) is 45.4. The van der Waals surface area contributed by atoms with E-state index in [2.05, 4.69) is 173 Å². The third-order valence-corrected chi connectivity index (χ3v) is 13.6. The van der Waals surface area contributed by atoms with E-state index in [-0.39, 0.29) is 0 Å². The summed E-state index contributed by atoms with van der Waals surface area (Å²) >= 11 is 0. The molecule has 0 aliphatic heterocycles. The monoisotopic (exact) mass is 881 g/mol. The Morgan fingerprint density at radius 1 is 0.246 bits per heavy atom. The molecule has 322 valence electrons. The molecule has 6 nitrogen and oxygen atoms in total. The first-order valence-electron chi connectivity index (χ1n) is 23.3. The van der Waals surface area contributed by atoms with Gasteiger partial charge in [0.15, 0.2) is 17.5 Å². The van der Waals surface area contributed by atoms with Crippen molar-refractivity contribution >= 4 is 65.6 Å². The summed E-state index contributed by atoms with van der Waals surface area (Å²) in [6, 6.07) is 83.6. The van der Waals surface area contributed by atoms with Crippen LogP contribution in [0.2, 0.25) is 0 Å². The number of fused-ring (bicyclic) bond motifs is 9. The molecule has 69 heavy (non-hydrogen) atoms. The van der Waals surface area contributed by atoms with Gasteiger partial charge in [-0.05, 0) is 95.1 Å². The van der Waals surface area contributed by atoms with Crippen LogP contribution in [0, 0.1) is 0 Å². The van der Waals surface area contributed by atoms with Crippen molar-refractivity contribution in [3.8, 4) is 67.8 Å². The molecule has 0 unspecified atom stereocenters. The Hall–Kier alpha value is -9.39. The van der Waals surface area contributed by atoms with Crippen LogP contribution in [0.15, 0.2) is 241 Å². The van der Waals surface area contributed by atoms with Gasteiger partial charge in [0, 0.05) is 60.4 Å². The number of nitrogens with zero attached hydrogens (tertiary/aromatic N) is 5.